The van der Waals surface area contributed by atoms with E-state index < -0.39 is 12.2 Å². The standard InChI is InChI=1S/C20H23N5O4/c1-13(2)25(20(27)28)12-14(3)24(19(26)29-4)17-6-5-15(9-18(17)25)16-10-22-23(11-16)8-7-21/h5-6,9-11,13-14H,8,12H2,1-4H3/p+1/t14-,25?/m0/s1. The number of fused-ring (bicyclic) bond motifs is 1. The van der Waals surface area contributed by atoms with Crippen molar-refractivity contribution in [2.45, 2.75) is 39.4 Å². The molecule has 3 rings (SSSR count). The molecule has 9 nitrogen and oxygen atoms in total. The van der Waals surface area contributed by atoms with Gasteiger partial charge in [-0.3, -0.25) is 9.58 Å². The summed E-state index contributed by atoms with van der Waals surface area (Å²) in [6, 6.07) is 6.77. The number of nitrogens with zero attached hydrogens (tertiary/aromatic N) is 5. The lowest BCUT2D eigenvalue weighted by Gasteiger charge is -2.46. The van der Waals surface area contributed by atoms with Gasteiger partial charge in [0.2, 0.25) is 0 Å². The molecule has 2 atom stereocenters. The molecule has 0 radical (unpaired) electrons. The molecule has 152 valence electrons. The maximum Gasteiger partial charge on any atom is 0.519 e. The van der Waals surface area contributed by atoms with Crippen LogP contribution in [0.3, 0.4) is 0 Å². The maximum atomic E-state index is 12.5. The molecule has 1 aromatic heterocycles. The summed E-state index contributed by atoms with van der Waals surface area (Å²) in [5.74, 6) is 0. The number of carbonyl (C=O) groups is 2. The number of methoxy groups -OCH3 is 1. The van der Waals surface area contributed by atoms with E-state index in [1.54, 1.807) is 24.5 Å². The first-order valence-corrected chi connectivity index (χ1v) is 9.29. The molecule has 1 aliphatic heterocycles. The van der Waals surface area contributed by atoms with Gasteiger partial charge in [0.25, 0.3) is 0 Å². The Balaban J connectivity index is 2.23. The number of amides is 2. The van der Waals surface area contributed by atoms with E-state index in [2.05, 4.69) is 5.10 Å². The first-order valence-electron chi connectivity index (χ1n) is 9.29. The molecule has 0 bridgehead atoms. The smallest absolute Gasteiger partial charge is 0.452 e. The summed E-state index contributed by atoms with van der Waals surface area (Å²) >= 11 is 0. The van der Waals surface area contributed by atoms with Gasteiger partial charge in [-0.15, -0.1) is 0 Å². The van der Waals surface area contributed by atoms with Crippen LogP contribution in [-0.2, 0) is 11.3 Å². The van der Waals surface area contributed by atoms with Crippen LogP contribution in [0, 0.1) is 11.3 Å². The highest BCUT2D eigenvalue weighted by atomic mass is 16.5. The Bertz CT molecular complexity index is 993. The normalized spacial score (nSPS) is 20.8. The molecular formula is C20H24N5O4+. The van der Waals surface area contributed by atoms with Crippen molar-refractivity contribution in [3.8, 4) is 17.2 Å². The van der Waals surface area contributed by atoms with Gasteiger partial charge >= 0.3 is 12.2 Å². The van der Waals surface area contributed by atoms with Crippen LogP contribution in [0.25, 0.3) is 11.1 Å². The van der Waals surface area contributed by atoms with Crippen molar-refractivity contribution < 1.29 is 19.4 Å². The highest BCUT2D eigenvalue weighted by molar-refractivity contribution is 5.99. The molecule has 0 spiro atoms. The third-order valence-electron chi connectivity index (χ3n) is 5.45. The van der Waals surface area contributed by atoms with E-state index in [0.717, 1.165) is 11.1 Å². The largest absolute Gasteiger partial charge is 0.519 e. The molecule has 2 amide bonds. The maximum absolute atomic E-state index is 12.5. The number of hydrogen-bond donors (Lipinski definition) is 1. The number of carbonyl (C=O) groups excluding carboxylic acids is 1. The minimum Gasteiger partial charge on any atom is -0.452 e. The number of rotatable bonds is 3. The third kappa shape index (κ3) is 3.21. The fraction of sp³-hybridized carbons (Fsp3) is 0.400. The summed E-state index contributed by atoms with van der Waals surface area (Å²) in [7, 11) is 1.31. The van der Waals surface area contributed by atoms with Crippen molar-refractivity contribution in [3.05, 3.63) is 30.6 Å². The van der Waals surface area contributed by atoms with Crippen molar-refractivity contribution >= 4 is 23.6 Å². The summed E-state index contributed by atoms with van der Waals surface area (Å²) < 4.78 is 6.15. The monoisotopic (exact) mass is 398 g/mol. The lowest BCUT2D eigenvalue weighted by atomic mass is 9.99. The number of nitriles is 1. The summed E-state index contributed by atoms with van der Waals surface area (Å²) in [4.78, 5) is 26.4. The Morgan fingerprint density at radius 2 is 2.14 bits per heavy atom. The molecule has 0 fully saturated rings. The number of anilines is 1. The van der Waals surface area contributed by atoms with Crippen molar-refractivity contribution in [1.82, 2.24) is 14.3 Å². The number of hydrogen-bond acceptors (Lipinski definition) is 5. The third-order valence-corrected chi connectivity index (χ3v) is 5.45. The number of quaternary nitrogens is 1. The van der Waals surface area contributed by atoms with E-state index in [4.69, 9.17) is 10.00 Å². The van der Waals surface area contributed by atoms with Crippen LogP contribution in [-0.4, -0.2) is 52.8 Å². The van der Waals surface area contributed by atoms with Gasteiger partial charge in [0, 0.05) is 17.8 Å². The molecule has 2 heterocycles. The molecule has 0 saturated carbocycles. The summed E-state index contributed by atoms with van der Waals surface area (Å²) in [6.07, 6.45) is 1.86. The van der Waals surface area contributed by atoms with Crippen LogP contribution >= 0.6 is 0 Å². The van der Waals surface area contributed by atoms with E-state index in [1.807, 2.05) is 32.9 Å². The average Bonchev–Trinajstić information content (AvgIpc) is 3.15. The minimum atomic E-state index is -0.977. The summed E-state index contributed by atoms with van der Waals surface area (Å²) in [5, 5.41) is 23.2. The van der Waals surface area contributed by atoms with Crippen molar-refractivity contribution in [2.24, 2.45) is 0 Å². The van der Waals surface area contributed by atoms with E-state index in [-0.39, 0.29) is 29.7 Å². The first-order chi connectivity index (χ1) is 13.8. The predicted molar refractivity (Wildman–Crippen MR) is 107 cm³/mol. The minimum absolute atomic E-state index is 0.125. The highest BCUT2D eigenvalue weighted by Gasteiger charge is 2.52. The van der Waals surface area contributed by atoms with E-state index in [0.29, 0.717) is 11.4 Å². The van der Waals surface area contributed by atoms with Gasteiger partial charge in [0.15, 0.2) is 5.69 Å². The Hall–Kier alpha value is -3.38. The topological polar surface area (TPSA) is 108 Å². The molecule has 0 saturated heterocycles. The predicted octanol–water partition coefficient (Wildman–Crippen LogP) is 3.44. The molecule has 0 aliphatic carbocycles. The Labute approximate surface area is 168 Å². The van der Waals surface area contributed by atoms with Gasteiger partial charge in [-0.1, -0.05) is 6.07 Å². The molecule has 2 aromatic rings. The van der Waals surface area contributed by atoms with Crippen molar-refractivity contribution in [2.75, 3.05) is 18.6 Å². The summed E-state index contributed by atoms with van der Waals surface area (Å²) in [6.45, 7) is 5.87. The highest BCUT2D eigenvalue weighted by Crippen LogP contribution is 2.44. The van der Waals surface area contributed by atoms with Gasteiger partial charge in [0.1, 0.15) is 18.8 Å². The molecule has 9 heteroatoms. The fourth-order valence-electron chi connectivity index (χ4n) is 4.00. The van der Waals surface area contributed by atoms with Crippen LogP contribution in [0.2, 0.25) is 0 Å². The molecule has 1 N–H and O–H groups in total. The van der Waals surface area contributed by atoms with Gasteiger partial charge < -0.3 is 9.84 Å². The van der Waals surface area contributed by atoms with Gasteiger partial charge in [-0.25, -0.2) is 4.79 Å². The number of aromatic nitrogens is 2. The molecule has 1 aromatic carbocycles. The molecule has 1 aliphatic rings. The lowest BCUT2D eigenvalue weighted by Crippen LogP contribution is -2.66. The number of benzene rings is 1. The van der Waals surface area contributed by atoms with Crippen molar-refractivity contribution in [3.63, 3.8) is 0 Å². The zero-order valence-electron chi connectivity index (χ0n) is 16.9. The van der Waals surface area contributed by atoms with Crippen LogP contribution < -0.4 is 9.38 Å². The number of carboxylic acid groups (broad SMARTS) is 1. The van der Waals surface area contributed by atoms with Crippen LogP contribution in [0.5, 0.6) is 0 Å². The van der Waals surface area contributed by atoms with Gasteiger partial charge in [-0.2, -0.15) is 19.6 Å². The quantitative estimate of drug-likeness (QED) is 0.794. The van der Waals surface area contributed by atoms with E-state index >= 15 is 0 Å². The average molecular weight is 398 g/mol. The fourth-order valence-corrected chi connectivity index (χ4v) is 4.00. The Morgan fingerprint density at radius 3 is 2.72 bits per heavy atom. The summed E-state index contributed by atoms with van der Waals surface area (Å²) in [5.41, 5.74) is 2.55. The molecular weight excluding hydrogens is 374 g/mol. The Kier molecular flexibility index (Phi) is 5.31. The SMILES string of the molecule is COC(=O)N1c2ccc(-c3cnn(CC#N)c3)cc2[N+](C(=O)O)(C(C)C)C[C@@H]1C. The number of ether oxygens (including phenoxy) is 1. The Morgan fingerprint density at radius 1 is 1.41 bits per heavy atom. The first kappa shape index (κ1) is 20.4. The zero-order valence-corrected chi connectivity index (χ0v) is 16.9. The molecule has 1 unspecified atom stereocenters. The second-order valence-electron chi connectivity index (χ2n) is 7.40. The molecule has 29 heavy (non-hydrogen) atoms. The van der Waals surface area contributed by atoms with Crippen LogP contribution in [0.15, 0.2) is 30.6 Å². The second-order valence-corrected chi connectivity index (χ2v) is 7.40. The lowest BCUT2D eigenvalue weighted by molar-refractivity contribution is 0.124. The van der Waals surface area contributed by atoms with E-state index in [1.165, 1.54) is 16.7 Å². The van der Waals surface area contributed by atoms with Crippen LogP contribution in [0.1, 0.15) is 20.8 Å². The van der Waals surface area contributed by atoms with E-state index in [9.17, 15) is 14.7 Å². The van der Waals surface area contributed by atoms with Crippen molar-refractivity contribution in [1.29, 1.82) is 5.26 Å². The second kappa shape index (κ2) is 7.56. The van der Waals surface area contributed by atoms with Gasteiger partial charge in [-0.05, 0) is 32.4 Å². The van der Waals surface area contributed by atoms with Gasteiger partial charge in [0.05, 0.1) is 31.5 Å². The van der Waals surface area contributed by atoms with Crippen LogP contribution in [0.4, 0.5) is 21.0 Å². The zero-order chi connectivity index (χ0) is 21.3.